The maximum atomic E-state index is 12.7. The van der Waals surface area contributed by atoms with Crippen LogP contribution in [0.15, 0.2) is 48.5 Å². The highest BCUT2D eigenvalue weighted by atomic mass is 35.5. The summed E-state index contributed by atoms with van der Waals surface area (Å²) in [5.41, 5.74) is 1.46. The zero-order valence-electron chi connectivity index (χ0n) is 16.1. The molecule has 0 spiro atoms. The van der Waals surface area contributed by atoms with Gasteiger partial charge in [-0.2, -0.15) is 0 Å². The maximum Gasteiger partial charge on any atom is 0.307 e. The number of ether oxygens (including phenoxy) is 1. The highest BCUT2D eigenvalue weighted by molar-refractivity contribution is 6.30. The van der Waals surface area contributed by atoms with Crippen LogP contribution >= 0.6 is 23.2 Å². The van der Waals surface area contributed by atoms with Crippen LogP contribution in [0.5, 0.6) is 0 Å². The number of benzene rings is 2. The monoisotopic (exact) mass is 436 g/mol. The average Bonchev–Trinajstić information content (AvgIpc) is 2.67. The van der Waals surface area contributed by atoms with E-state index in [0.717, 1.165) is 11.1 Å². The van der Waals surface area contributed by atoms with Gasteiger partial charge >= 0.3 is 5.97 Å². The third kappa shape index (κ3) is 7.40. The van der Waals surface area contributed by atoms with E-state index in [4.69, 9.17) is 27.9 Å². The normalized spacial score (nSPS) is 12.6. The van der Waals surface area contributed by atoms with E-state index < -0.39 is 18.1 Å². The number of carbonyl (C=O) groups excluding carboxylic acids is 3. The van der Waals surface area contributed by atoms with Crippen molar-refractivity contribution in [2.45, 2.75) is 31.8 Å². The summed E-state index contributed by atoms with van der Waals surface area (Å²) in [6.07, 6.45) is -0.0396. The smallest absolute Gasteiger partial charge is 0.307 e. The van der Waals surface area contributed by atoms with Gasteiger partial charge in [0, 0.05) is 17.0 Å². The number of carbonyl (C=O) groups is 3. The van der Waals surface area contributed by atoms with Gasteiger partial charge in [0.25, 0.3) is 0 Å². The van der Waals surface area contributed by atoms with Crippen molar-refractivity contribution in [1.82, 2.24) is 10.6 Å². The fourth-order valence-electron chi connectivity index (χ4n) is 2.83. The zero-order chi connectivity index (χ0) is 21.4. The van der Waals surface area contributed by atoms with Gasteiger partial charge in [0.1, 0.15) is 0 Å². The Kier molecular flexibility index (Phi) is 8.49. The van der Waals surface area contributed by atoms with Crippen LogP contribution in [0.3, 0.4) is 0 Å². The second-order valence-electron chi connectivity index (χ2n) is 6.46. The Labute approximate surface area is 179 Å². The van der Waals surface area contributed by atoms with E-state index in [1.54, 1.807) is 48.5 Å². The maximum absolute atomic E-state index is 12.7. The molecule has 8 heteroatoms. The first-order valence-corrected chi connectivity index (χ1v) is 9.68. The first-order valence-electron chi connectivity index (χ1n) is 8.92. The van der Waals surface area contributed by atoms with Gasteiger partial charge < -0.3 is 15.4 Å². The molecule has 0 saturated carbocycles. The number of amides is 2. The van der Waals surface area contributed by atoms with Crippen molar-refractivity contribution in [3.8, 4) is 0 Å². The molecule has 2 aromatic rings. The van der Waals surface area contributed by atoms with Crippen molar-refractivity contribution < 1.29 is 19.1 Å². The Morgan fingerprint density at radius 2 is 1.28 bits per heavy atom. The summed E-state index contributed by atoms with van der Waals surface area (Å²) in [4.78, 5) is 36.1. The quantitative estimate of drug-likeness (QED) is 0.612. The molecule has 2 atom stereocenters. The van der Waals surface area contributed by atoms with Crippen LogP contribution in [-0.4, -0.2) is 24.9 Å². The lowest BCUT2D eigenvalue weighted by Crippen LogP contribution is -2.35. The molecule has 0 aliphatic rings. The highest BCUT2D eigenvalue weighted by Crippen LogP contribution is 2.23. The first-order chi connectivity index (χ1) is 13.8. The lowest BCUT2D eigenvalue weighted by Gasteiger charge is -2.22. The van der Waals surface area contributed by atoms with Crippen LogP contribution < -0.4 is 10.6 Å². The minimum Gasteiger partial charge on any atom is -0.469 e. The van der Waals surface area contributed by atoms with Crippen molar-refractivity contribution in [2.24, 2.45) is 0 Å². The Hall–Kier alpha value is -2.57. The van der Waals surface area contributed by atoms with Gasteiger partial charge in [-0.1, -0.05) is 47.5 Å². The Morgan fingerprint density at radius 1 is 0.828 bits per heavy atom. The SMILES string of the molecule is COC(=O)CC(NC(=O)CC(NC(C)=O)c1ccc(Cl)cc1)c1ccc(Cl)cc1. The van der Waals surface area contributed by atoms with Crippen molar-refractivity contribution in [2.75, 3.05) is 7.11 Å². The average molecular weight is 437 g/mol. The lowest BCUT2D eigenvalue weighted by molar-refractivity contribution is -0.141. The molecule has 6 nitrogen and oxygen atoms in total. The van der Waals surface area contributed by atoms with Crippen molar-refractivity contribution in [3.63, 3.8) is 0 Å². The number of hydrogen-bond acceptors (Lipinski definition) is 4. The topological polar surface area (TPSA) is 84.5 Å². The van der Waals surface area contributed by atoms with Crippen molar-refractivity contribution in [1.29, 1.82) is 0 Å². The molecule has 2 amide bonds. The van der Waals surface area contributed by atoms with Crippen molar-refractivity contribution >= 4 is 41.0 Å². The zero-order valence-corrected chi connectivity index (χ0v) is 17.6. The molecule has 2 unspecified atom stereocenters. The van der Waals surface area contributed by atoms with Crippen LogP contribution in [0.1, 0.15) is 43.0 Å². The standard InChI is InChI=1S/C21H22Cl2N2O4/c1-13(26)24-18(14-3-7-16(22)8-4-14)11-20(27)25-19(12-21(28)29-2)15-5-9-17(23)10-6-15/h3-10,18-19H,11-12H2,1-2H3,(H,24,26)(H,25,27). The molecule has 0 fully saturated rings. The third-order valence-electron chi connectivity index (χ3n) is 4.25. The van der Waals surface area contributed by atoms with Crippen LogP contribution in [0.2, 0.25) is 10.0 Å². The third-order valence-corrected chi connectivity index (χ3v) is 4.75. The van der Waals surface area contributed by atoms with Gasteiger partial charge in [-0.3, -0.25) is 14.4 Å². The molecule has 2 aromatic carbocycles. The molecule has 0 radical (unpaired) electrons. The molecular formula is C21H22Cl2N2O4. The minimum absolute atomic E-state index is 0.00747. The Bertz CT molecular complexity index is 854. The Morgan fingerprint density at radius 3 is 1.69 bits per heavy atom. The number of halogens is 2. The lowest BCUT2D eigenvalue weighted by atomic mass is 10.0. The summed E-state index contributed by atoms with van der Waals surface area (Å²) in [5.74, 6) is -1.05. The van der Waals surface area contributed by atoms with E-state index in [9.17, 15) is 14.4 Å². The molecule has 0 aromatic heterocycles. The van der Waals surface area contributed by atoms with Crippen molar-refractivity contribution in [3.05, 3.63) is 69.7 Å². The molecule has 0 saturated heterocycles. The molecular weight excluding hydrogens is 415 g/mol. The molecule has 0 bridgehead atoms. The fraction of sp³-hybridized carbons (Fsp3) is 0.286. The highest BCUT2D eigenvalue weighted by Gasteiger charge is 2.22. The molecule has 0 heterocycles. The van der Waals surface area contributed by atoms with Gasteiger partial charge in [0.05, 0.1) is 32.0 Å². The van der Waals surface area contributed by atoms with Crippen LogP contribution in [0, 0.1) is 0 Å². The van der Waals surface area contributed by atoms with Gasteiger partial charge in [-0.25, -0.2) is 0 Å². The van der Waals surface area contributed by atoms with E-state index in [1.807, 2.05) is 0 Å². The van der Waals surface area contributed by atoms with Gasteiger partial charge in [0.2, 0.25) is 11.8 Å². The molecule has 0 aliphatic carbocycles. The predicted molar refractivity (Wildman–Crippen MR) is 112 cm³/mol. The van der Waals surface area contributed by atoms with Crippen LogP contribution in [0.25, 0.3) is 0 Å². The molecule has 154 valence electrons. The fourth-order valence-corrected chi connectivity index (χ4v) is 3.08. The van der Waals surface area contributed by atoms with E-state index in [-0.39, 0.29) is 24.7 Å². The molecule has 29 heavy (non-hydrogen) atoms. The van der Waals surface area contributed by atoms with Gasteiger partial charge in [-0.15, -0.1) is 0 Å². The summed E-state index contributed by atoms with van der Waals surface area (Å²) in [6.45, 7) is 1.38. The van der Waals surface area contributed by atoms with E-state index in [0.29, 0.717) is 10.0 Å². The second-order valence-corrected chi connectivity index (χ2v) is 7.33. The first kappa shape index (κ1) is 22.7. The molecule has 2 N–H and O–H groups in total. The molecule has 0 aliphatic heterocycles. The summed E-state index contributed by atoms with van der Waals surface area (Å²) in [7, 11) is 1.29. The number of hydrogen-bond donors (Lipinski definition) is 2. The van der Waals surface area contributed by atoms with Gasteiger partial charge in [-0.05, 0) is 35.4 Å². The number of nitrogens with one attached hydrogen (secondary N) is 2. The predicted octanol–water partition coefficient (Wildman–Crippen LogP) is 3.98. The number of rotatable bonds is 8. The summed E-state index contributed by atoms with van der Waals surface area (Å²) in [6, 6.07) is 12.6. The second kappa shape index (κ2) is 10.8. The van der Waals surface area contributed by atoms with Gasteiger partial charge in [0.15, 0.2) is 0 Å². The van der Waals surface area contributed by atoms with Crippen LogP contribution in [0.4, 0.5) is 0 Å². The summed E-state index contributed by atoms with van der Waals surface area (Å²) >= 11 is 11.8. The Balaban J connectivity index is 2.16. The minimum atomic E-state index is -0.588. The summed E-state index contributed by atoms with van der Waals surface area (Å²) in [5, 5.41) is 6.71. The molecule has 2 rings (SSSR count). The largest absolute Gasteiger partial charge is 0.469 e. The number of esters is 1. The van der Waals surface area contributed by atoms with E-state index in [1.165, 1.54) is 14.0 Å². The van der Waals surface area contributed by atoms with Crippen LogP contribution in [-0.2, 0) is 19.1 Å². The summed E-state index contributed by atoms with van der Waals surface area (Å²) < 4.78 is 4.74. The van der Waals surface area contributed by atoms with E-state index >= 15 is 0 Å². The van der Waals surface area contributed by atoms with E-state index in [2.05, 4.69) is 10.6 Å². The number of methoxy groups -OCH3 is 1.